The number of pyridine rings is 1. The van der Waals surface area contributed by atoms with Gasteiger partial charge in [0, 0.05) is 29.8 Å². The monoisotopic (exact) mass is 460 g/mol. The molecule has 0 spiro atoms. The zero-order chi connectivity index (χ0) is 22.8. The van der Waals surface area contributed by atoms with Crippen molar-refractivity contribution >= 4 is 23.3 Å². The summed E-state index contributed by atoms with van der Waals surface area (Å²) in [6, 6.07) is 18.2. The molecule has 2 aromatic heterocycles. The smallest absolute Gasteiger partial charge is 0.337 e. The van der Waals surface area contributed by atoms with E-state index in [0.29, 0.717) is 11.6 Å². The summed E-state index contributed by atoms with van der Waals surface area (Å²) in [5, 5.41) is 4.39. The molecule has 1 aromatic carbocycles. The van der Waals surface area contributed by atoms with E-state index in [-0.39, 0.29) is 18.1 Å². The van der Waals surface area contributed by atoms with Crippen molar-refractivity contribution in [2.24, 2.45) is 0 Å². The zero-order valence-electron chi connectivity index (χ0n) is 18.7. The summed E-state index contributed by atoms with van der Waals surface area (Å²) in [7, 11) is 1.40. The molecule has 7 heteroatoms. The highest BCUT2D eigenvalue weighted by molar-refractivity contribution is 7.80. The van der Waals surface area contributed by atoms with Gasteiger partial charge in [0.25, 0.3) is 0 Å². The van der Waals surface area contributed by atoms with Gasteiger partial charge < -0.3 is 19.5 Å². The van der Waals surface area contributed by atoms with Crippen molar-refractivity contribution in [3.63, 3.8) is 0 Å². The Labute approximate surface area is 199 Å². The Kier molecular flexibility index (Phi) is 6.13. The summed E-state index contributed by atoms with van der Waals surface area (Å²) in [6.45, 7) is 0. The van der Waals surface area contributed by atoms with E-state index in [9.17, 15) is 4.79 Å². The molecular formula is C26H28N4O2S. The number of nitrogens with zero attached hydrogens (tertiary/aromatic N) is 3. The first-order chi connectivity index (χ1) is 16.2. The Balaban J connectivity index is 1.56. The maximum atomic E-state index is 11.9. The molecular weight excluding hydrogens is 432 g/mol. The van der Waals surface area contributed by atoms with Gasteiger partial charge in [-0.3, -0.25) is 4.98 Å². The van der Waals surface area contributed by atoms with Gasteiger partial charge in [-0.25, -0.2) is 4.79 Å². The van der Waals surface area contributed by atoms with Crippen molar-refractivity contribution in [3.8, 4) is 5.69 Å². The number of aromatic nitrogens is 2. The highest BCUT2D eigenvalue weighted by Crippen LogP contribution is 2.43. The van der Waals surface area contributed by atoms with Crippen molar-refractivity contribution in [2.75, 3.05) is 7.11 Å². The molecule has 1 saturated carbocycles. The Morgan fingerprint density at radius 3 is 2.55 bits per heavy atom. The molecule has 0 amide bonds. The minimum atomic E-state index is -0.335. The minimum Gasteiger partial charge on any atom is -0.465 e. The van der Waals surface area contributed by atoms with Gasteiger partial charge >= 0.3 is 5.97 Å². The molecule has 6 nitrogen and oxygen atoms in total. The van der Waals surface area contributed by atoms with Gasteiger partial charge in [-0.15, -0.1) is 0 Å². The number of rotatable bonds is 5. The van der Waals surface area contributed by atoms with Gasteiger partial charge in [0.2, 0.25) is 0 Å². The molecule has 2 aliphatic rings. The number of carbonyl (C=O) groups is 1. The Morgan fingerprint density at radius 2 is 1.85 bits per heavy atom. The van der Waals surface area contributed by atoms with Crippen molar-refractivity contribution in [2.45, 2.75) is 50.2 Å². The number of ether oxygens (including phenoxy) is 1. The minimum absolute atomic E-state index is 0.0192. The lowest BCUT2D eigenvalue weighted by atomic mass is 9.92. The second-order valence-corrected chi connectivity index (χ2v) is 9.05. The van der Waals surface area contributed by atoms with Crippen LogP contribution in [0.3, 0.4) is 0 Å². The van der Waals surface area contributed by atoms with Crippen LogP contribution in [0.15, 0.2) is 67.0 Å². The lowest BCUT2D eigenvalue weighted by Gasteiger charge is -2.37. The van der Waals surface area contributed by atoms with Crippen molar-refractivity contribution in [1.82, 2.24) is 19.8 Å². The highest BCUT2D eigenvalue weighted by atomic mass is 32.1. The molecule has 3 aromatic rings. The van der Waals surface area contributed by atoms with Crippen LogP contribution < -0.4 is 5.32 Å². The number of hydrogen-bond acceptors (Lipinski definition) is 4. The van der Waals surface area contributed by atoms with Crippen LogP contribution in [0.5, 0.6) is 0 Å². The van der Waals surface area contributed by atoms with E-state index in [1.165, 1.54) is 26.4 Å². The topological polar surface area (TPSA) is 59.4 Å². The lowest BCUT2D eigenvalue weighted by molar-refractivity contribution is 0.0600. The van der Waals surface area contributed by atoms with Crippen molar-refractivity contribution in [1.29, 1.82) is 0 Å². The van der Waals surface area contributed by atoms with E-state index in [2.05, 4.69) is 44.2 Å². The van der Waals surface area contributed by atoms with E-state index in [1.54, 1.807) is 12.1 Å². The third-order valence-corrected chi connectivity index (χ3v) is 7.08. The quantitative estimate of drug-likeness (QED) is 0.429. The largest absolute Gasteiger partial charge is 0.465 e. The predicted molar refractivity (Wildman–Crippen MR) is 131 cm³/mol. The first-order valence-electron chi connectivity index (χ1n) is 11.5. The van der Waals surface area contributed by atoms with E-state index in [1.807, 2.05) is 30.5 Å². The van der Waals surface area contributed by atoms with Crippen LogP contribution in [-0.4, -0.2) is 38.7 Å². The average molecular weight is 461 g/mol. The normalized spacial score (nSPS) is 21.1. The zero-order valence-corrected chi connectivity index (χ0v) is 19.5. The molecule has 170 valence electrons. The van der Waals surface area contributed by atoms with Crippen LogP contribution >= 0.6 is 12.2 Å². The van der Waals surface area contributed by atoms with Gasteiger partial charge in [-0.1, -0.05) is 25.3 Å². The summed E-state index contributed by atoms with van der Waals surface area (Å²) < 4.78 is 7.03. The van der Waals surface area contributed by atoms with Gasteiger partial charge in [0.1, 0.15) is 0 Å². The maximum absolute atomic E-state index is 11.9. The summed E-state index contributed by atoms with van der Waals surface area (Å²) in [5.41, 5.74) is 3.66. The Morgan fingerprint density at radius 1 is 1.06 bits per heavy atom. The second-order valence-electron chi connectivity index (χ2n) is 8.67. The molecule has 2 fully saturated rings. The summed E-state index contributed by atoms with van der Waals surface area (Å²) in [6.07, 6.45) is 9.98. The average Bonchev–Trinajstić information content (AvgIpc) is 3.49. The number of thiocarbonyl (C=S) groups is 1. The van der Waals surface area contributed by atoms with Gasteiger partial charge in [-0.05, 0) is 73.6 Å². The fraction of sp³-hybridized carbons (Fsp3) is 0.346. The maximum Gasteiger partial charge on any atom is 0.337 e. The summed E-state index contributed by atoms with van der Waals surface area (Å²) in [5.74, 6) is -0.335. The lowest BCUT2D eigenvalue weighted by Crippen LogP contribution is -2.40. The van der Waals surface area contributed by atoms with Crippen LogP contribution in [0.25, 0.3) is 5.69 Å². The van der Waals surface area contributed by atoms with Crippen LogP contribution in [0.2, 0.25) is 0 Å². The highest BCUT2D eigenvalue weighted by Gasteiger charge is 2.44. The number of benzene rings is 1. The first-order valence-corrected chi connectivity index (χ1v) is 11.9. The number of esters is 1. The fourth-order valence-corrected chi connectivity index (χ4v) is 5.57. The fourth-order valence-electron chi connectivity index (χ4n) is 5.18. The van der Waals surface area contributed by atoms with Crippen LogP contribution in [-0.2, 0) is 4.74 Å². The standard InChI is InChI=1S/C26H28N4O2S/c1-32-25(31)18-12-14-19(15-13-18)29-17-7-11-22(29)24-23(21-10-5-6-16-27-21)28-26(33)30(24)20-8-3-2-4-9-20/h5-7,10-17,20,23-24H,2-4,8-9H2,1H3,(H,28,33)/t23-,24-/m1/s1. The molecule has 33 heavy (non-hydrogen) atoms. The third-order valence-electron chi connectivity index (χ3n) is 6.75. The molecule has 3 heterocycles. The van der Waals surface area contributed by atoms with Gasteiger partial charge in [-0.2, -0.15) is 0 Å². The Bertz CT molecular complexity index is 1120. The number of nitrogens with one attached hydrogen (secondary N) is 1. The number of carbonyl (C=O) groups excluding carboxylic acids is 1. The summed E-state index contributed by atoms with van der Waals surface area (Å²) >= 11 is 5.89. The molecule has 1 N–H and O–H groups in total. The molecule has 1 saturated heterocycles. The number of hydrogen-bond donors (Lipinski definition) is 1. The van der Waals surface area contributed by atoms with Crippen LogP contribution in [0.4, 0.5) is 0 Å². The van der Waals surface area contributed by atoms with E-state index in [4.69, 9.17) is 17.0 Å². The molecule has 0 unspecified atom stereocenters. The molecule has 5 rings (SSSR count). The van der Waals surface area contributed by atoms with Crippen LogP contribution in [0.1, 0.15) is 65.9 Å². The van der Waals surface area contributed by atoms with Crippen molar-refractivity contribution < 1.29 is 9.53 Å². The predicted octanol–water partition coefficient (Wildman–Crippen LogP) is 4.96. The molecule has 0 radical (unpaired) electrons. The Hall–Kier alpha value is -3.19. The molecule has 0 bridgehead atoms. The molecule has 2 atom stereocenters. The van der Waals surface area contributed by atoms with Crippen LogP contribution in [0, 0.1) is 0 Å². The third kappa shape index (κ3) is 4.13. The van der Waals surface area contributed by atoms with E-state index in [0.717, 1.165) is 35.0 Å². The molecule has 1 aliphatic carbocycles. The molecule has 1 aliphatic heterocycles. The first kappa shape index (κ1) is 21.6. The second kappa shape index (κ2) is 9.35. The van der Waals surface area contributed by atoms with E-state index < -0.39 is 0 Å². The van der Waals surface area contributed by atoms with Gasteiger partial charge in [0.05, 0.1) is 30.5 Å². The van der Waals surface area contributed by atoms with E-state index >= 15 is 0 Å². The number of methoxy groups -OCH3 is 1. The SMILES string of the molecule is COC(=O)c1ccc(-n2cccc2[C@@H]2[C@@H](c3ccccn3)NC(=S)N2C2CCCCC2)cc1. The van der Waals surface area contributed by atoms with Gasteiger partial charge in [0.15, 0.2) is 5.11 Å². The van der Waals surface area contributed by atoms with Crippen molar-refractivity contribution in [3.05, 3.63) is 83.9 Å². The summed E-state index contributed by atoms with van der Waals surface area (Å²) in [4.78, 5) is 19.0.